The van der Waals surface area contributed by atoms with E-state index in [9.17, 15) is 9.59 Å². The van der Waals surface area contributed by atoms with Crippen molar-refractivity contribution < 1.29 is 19.1 Å². The largest absolute Gasteiger partial charge is 0.461 e. The normalized spacial score (nSPS) is 25.4. The molecule has 148 valence electrons. The van der Waals surface area contributed by atoms with Gasteiger partial charge in [-0.25, -0.2) is 0 Å². The molecule has 0 spiro atoms. The summed E-state index contributed by atoms with van der Waals surface area (Å²) >= 11 is 0. The van der Waals surface area contributed by atoms with Crippen LogP contribution in [0.25, 0.3) is 5.57 Å². The Bertz CT molecular complexity index is 892. The minimum atomic E-state index is -0.287. The molecular formula is C24H28O4. The monoisotopic (exact) mass is 380 g/mol. The summed E-state index contributed by atoms with van der Waals surface area (Å²) in [6, 6.07) is 6.02. The van der Waals surface area contributed by atoms with Gasteiger partial charge in [0.1, 0.15) is 11.9 Å². The van der Waals surface area contributed by atoms with Crippen LogP contribution in [0.5, 0.6) is 5.75 Å². The highest BCUT2D eigenvalue weighted by Gasteiger charge is 2.50. The van der Waals surface area contributed by atoms with Crippen molar-refractivity contribution in [3.63, 3.8) is 0 Å². The minimum Gasteiger partial charge on any atom is -0.461 e. The number of hydrogen-bond donors (Lipinski definition) is 0. The number of rotatable bonds is 4. The summed E-state index contributed by atoms with van der Waals surface area (Å²) in [5, 5.41) is 0. The van der Waals surface area contributed by atoms with E-state index in [0.717, 1.165) is 44.9 Å². The van der Waals surface area contributed by atoms with Gasteiger partial charge in [-0.05, 0) is 72.1 Å². The van der Waals surface area contributed by atoms with Gasteiger partial charge >= 0.3 is 11.9 Å². The molecule has 0 saturated carbocycles. The molecule has 0 amide bonds. The Hall–Kier alpha value is -2.36. The fraction of sp³-hybridized carbons (Fsp3) is 0.500. The van der Waals surface area contributed by atoms with E-state index in [2.05, 4.69) is 19.1 Å². The van der Waals surface area contributed by atoms with Crippen LogP contribution < -0.4 is 4.74 Å². The Kier molecular flexibility index (Phi) is 4.90. The number of carbonyl (C=O) groups is 2. The summed E-state index contributed by atoms with van der Waals surface area (Å²) in [6.07, 6.45) is 9.24. The molecule has 0 saturated heterocycles. The summed E-state index contributed by atoms with van der Waals surface area (Å²) in [7, 11) is 0. The van der Waals surface area contributed by atoms with Gasteiger partial charge in [0.15, 0.2) is 0 Å². The Morgan fingerprint density at radius 1 is 1.11 bits per heavy atom. The standard InChI is InChI=1S/C24H28O4/c1-4-12-24-13-11-20-19-8-6-18(27-15(2)25)14-17(19)5-7-21(20)22(24)9-10-23(24)28-16(3)26/h6,8-9,14,23H,4-5,7,10-13H2,1-3H3/t23-,24-/m0/s1. The van der Waals surface area contributed by atoms with Crippen molar-refractivity contribution in [1.29, 1.82) is 0 Å². The van der Waals surface area contributed by atoms with Crippen LogP contribution in [0.2, 0.25) is 0 Å². The van der Waals surface area contributed by atoms with Crippen LogP contribution in [0.4, 0.5) is 0 Å². The molecule has 0 heterocycles. The molecule has 0 unspecified atom stereocenters. The third-order valence-corrected chi connectivity index (χ3v) is 6.51. The van der Waals surface area contributed by atoms with Crippen LogP contribution in [-0.2, 0) is 20.7 Å². The fourth-order valence-electron chi connectivity index (χ4n) is 5.58. The lowest BCUT2D eigenvalue weighted by atomic mass is 9.62. The average molecular weight is 380 g/mol. The van der Waals surface area contributed by atoms with Crippen LogP contribution in [0.1, 0.15) is 70.4 Å². The van der Waals surface area contributed by atoms with Crippen LogP contribution in [0.3, 0.4) is 0 Å². The summed E-state index contributed by atoms with van der Waals surface area (Å²) < 4.78 is 11.0. The second-order valence-electron chi connectivity index (χ2n) is 8.23. The maximum Gasteiger partial charge on any atom is 0.308 e. The van der Waals surface area contributed by atoms with E-state index in [1.165, 1.54) is 41.7 Å². The van der Waals surface area contributed by atoms with Gasteiger partial charge in [0, 0.05) is 25.7 Å². The molecule has 1 aromatic rings. The molecule has 3 aliphatic rings. The van der Waals surface area contributed by atoms with Gasteiger partial charge in [-0.1, -0.05) is 25.5 Å². The van der Waals surface area contributed by atoms with Crippen LogP contribution in [-0.4, -0.2) is 18.0 Å². The Balaban J connectivity index is 1.71. The summed E-state index contributed by atoms with van der Waals surface area (Å²) in [5.41, 5.74) is 6.85. The number of fused-ring (bicyclic) bond motifs is 4. The number of ether oxygens (including phenoxy) is 2. The van der Waals surface area contributed by atoms with Crippen LogP contribution >= 0.6 is 0 Å². The first-order valence-electron chi connectivity index (χ1n) is 10.4. The van der Waals surface area contributed by atoms with E-state index in [1.54, 1.807) is 0 Å². The molecule has 0 aliphatic heterocycles. The highest BCUT2D eigenvalue weighted by molar-refractivity contribution is 5.80. The van der Waals surface area contributed by atoms with E-state index in [0.29, 0.717) is 5.75 Å². The lowest BCUT2D eigenvalue weighted by Gasteiger charge is -2.44. The Labute approximate surface area is 166 Å². The highest BCUT2D eigenvalue weighted by atomic mass is 16.5. The van der Waals surface area contributed by atoms with E-state index >= 15 is 0 Å². The van der Waals surface area contributed by atoms with E-state index in [1.807, 2.05) is 12.1 Å². The number of esters is 2. The molecule has 0 fully saturated rings. The first kappa shape index (κ1) is 19.0. The minimum absolute atomic E-state index is 0.0194. The van der Waals surface area contributed by atoms with Gasteiger partial charge in [0.2, 0.25) is 0 Å². The van der Waals surface area contributed by atoms with E-state index in [-0.39, 0.29) is 23.5 Å². The molecule has 3 aliphatic carbocycles. The van der Waals surface area contributed by atoms with Crippen molar-refractivity contribution in [1.82, 2.24) is 0 Å². The fourth-order valence-corrected chi connectivity index (χ4v) is 5.58. The number of hydrogen-bond acceptors (Lipinski definition) is 4. The van der Waals surface area contributed by atoms with Crippen LogP contribution in [0, 0.1) is 5.41 Å². The van der Waals surface area contributed by atoms with Crippen molar-refractivity contribution in [2.75, 3.05) is 0 Å². The van der Waals surface area contributed by atoms with Gasteiger partial charge in [-0.15, -0.1) is 0 Å². The van der Waals surface area contributed by atoms with Crippen molar-refractivity contribution in [2.24, 2.45) is 5.41 Å². The lowest BCUT2D eigenvalue weighted by molar-refractivity contribution is -0.151. The zero-order valence-corrected chi connectivity index (χ0v) is 17.0. The molecule has 4 heteroatoms. The van der Waals surface area contributed by atoms with Crippen molar-refractivity contribution >= 4 is 17.5 Å². The van der Waals surface area contributed by atoms with Gasteiger partial charge in [-0.3, -0.25) is 9.59 Å². The van der Waals surface area contributed by atoms with Gasteiger partial charge in [0.05, 0.1) is 0 Å². The molecule has 4 rings (SSSR count). The highest BCUT2D eigenvalue weighted by Crippen LogP contribution is 2.58. The molecule has 0 aromatic heterocycles. The summed E-state index contributed by atoms with van der Waals surface area (Å²) in [5.74, 6) is 0.161. The van der Waals surface area contributed by atoms with E-state index < -0.39 is 0 Å². The second kappa shape index (κ2) is 7.23. The van der Waals surface area contributed by atoms with Crippen LogP contribution in [0.15, 0.2) is 35.4 Å². The maximum absolute atomic E-state index is 11.7. The zero-order valence-electron chi connectivity index (χ0n) is 17.0. The molecule has 1 aromatic carbocycles. The zero-order chi connectivity index (χ0) is 19.9. The molecule has 0 bridgehead atoms. The number of aryl methyl sites for hydroxylation is 1. The SMILES string of the molecule is CCC[C@]12CCC3=C(CCc4cc(OC(C)=O)ccc43)C1=CC[C@@H]2OC(C)=O. The third-order valence-electron chi connectivity index (χ3n) is 6.51. The quantitative estimate of drug-likeness (QED) is 0.535. The van der Waals surface area contributed by atoms with Crippen molar-refractivity contribution in [2.45, 2.75) is 71.8 Å². The van der Waals surface area contributed by atoms with Crippen molar-refractivity contribution in [3.8, 4) is 5.75 Å². The van der Waals surface area contributed by atoms with Gasteiger partial charge in [0.25, 0.3) is 0 Å². The Morgan fingerprint density at radius 2 is 1.93 bits per heavy atom. The smallest absolute Gasteiger partial charge is 0.308 e. The summed E-state index contributed by atoms with van der Waals surface area (Å²) in [4.78, 5) is 22.9. The molecule has 4 nitrogen and oxygen atoms in total. The predicted molar refractivity (Wildman–Crippen MR) is 108 cm³/mol. The third kappa shape index (κ3) is 3.09. The first-order chi connectivity index (χ1) is 13.4. The number of carbonyl (C=O) groups excluding carboxylic acids is 2. The van der Waals surface area contributed by atoms with Gasteiger partial charge < -0.3 is 9.47 Å². The second-order valence-corrected chi connectivity index (χ2v) is 8.23. The molecule has 0 radical (unpaired) electrons. The van der Waals surface area contributed by atoms with Crippen molar-refractivity contribution in [3.05, 3.63) is 46.5 Å². The first-order valence-corrected chi connectivity index (χ1v) is 10.4. The Morgan fingerprint density at radius 3 is 2.64 bits per heavy atom. The van der Waals surface area contributed by atoms with E-state index in [4.69, 9.17) is 9.47 Å². The lowest BCUT2D eigenvalue weighted by Crippen LogP contribution is -2.39. The number of benzene rings is 1. The number of allylic oxidation sites excluding steroid dienone is 2. The predicted octanol–water partition coefficient (Wildman–Crippen LogP) is 5.15. The molecule has 28 heavy (non-hydrogen) atoms. The average Bonchev–Trinajstić information content (AvgIpc) is 2.99. The molecule has 0 N–H and O–H groups in total. The maximum atomic E-state index is 11.7. The topological polar surface area (TPSA) is 52.6 Å². The van der Waals surface area contributed by atoms with Gasteiger partial charge in [-0.2, -0.15) is 0 Å². The summed E-state index contributed by atoms with van der Waals surface area (Å²) in [6.45, 7) is 5.16. The molecule has 2 atom stereocenters. The molecular weight excluding hydrogens is 352 g/mol.